The number of carbonyl (C=O) groups excluding carboxylic acids is 1. The summed E-state index contributed by atoms with van der Waals surface area (Å²) in [7, 11) is 0. The molecule has 2 aliphatic heterocycles. The molecule has 0 bridgehead atoms. The number of halogens is 1. The van der Waals surface area contributed by atoms with Crippen LogP contribution in [0.1, 0.15) is 22.0 Å². The van der Waals surface area contributed by atoms with Crippen molar-refractivity contribution >= 4 is 23.2 Å². The van der Waals surface area contributed by atoms with Crippen molar-refractivity contribution in [2.75, 3.05) is 50.8 Å². The van der Waals surface area contributed by atoms with E-state index in [4.69, 9.17) is 16.3 Å². The predicted molar refractivity (Wildman–Crippen MR) is 117 cm³/mol. The first kappa shape index (κ1) is 20.0. The number of amides is 1. The maximum absolute atomic E-state index is 12.7. The fraction of sp³-hybridized carbons (Fsp3) is 0.348. The molecule has 5 nitrogen and oxygen atoms in total. The van der Waals surface area contributed by atoms with E-state index in [0.29, 0.717) is 30.3 Å². The Balaban J connectivity index is 1.42. The summed E-state index contributed by atoms with van der Waals surface area (Å²) in [6, 6.07) is 15.8. The van der Waals surface area contributed by atoms with Gasteiger partial charge in [-0.05, 0) is 42.0 Å². The largest absolute Gasteiger partial charge is 0.379 e. The molecule has 2 aliphatic rings. The van der Waals surface area contributed by atoms with Gasteiger partial charge in [0, 0.05) is 49.0 Å². The van der Waals surface area contributed by atoms with Gasteiger partial charge in [-0.25, -0.2) is 0 Å². The van der Waals surface area contributed by atoms with Crippen LogP contribution in [-0.2, 0) is 4.74 Å². The van der Waals surface area contributed by atoms with Crippen LogP contribution in [0.3, 0.4) is 0 Å². The maximum Gasteiger partial charge on any atom is 0.251 e. The summed E-state index contributed by atoms with van der Waals surface area (Å²) in [4.78, 5) is 17.4. The summed E-state index contributed by atoms with van der Waals surface area (Å²) >= 11 is 6.06. The average Bonchev–Trinajstić information content (AvgIpc) is 3.31. The number of hydrogen-bond donors (Lipinski definition) is 1. The molecule has 1 N–H and O–H groups in total. The Bertz CT molecular complexity index is 837. The molecule has 0 aliphatic carbocycles. The lowest BCUT2D eigenvalue weighted by Crippen LogP contribution is -2.43. The van der Waals surface area contributed by atoms with Crippen LogP contribution < -0.4 is 10.2 Å². The topological polar surface area (TPSA) is 44.8 Å². The van der Waals surface area contributed by atoms with E-state index in [0.717, 1.165) is 37.4 Å². The van der Waals surface area contributed by atoms with Gasteiger partial charge in [0.25, 0.3) is 5.91 Å². The minimum Gasteiger partial charge on any atom is -0.379 e. The van der Waals surface area contributed by atoms with E-state index in [-0.39, 0.29) is 11.9 Å². The standard InChI is InChI=1S/C23H26ClN3O2/c24-20-7-3-18(4-8-20)22(27-13-15-29-16-14-27)17-25-23(28)19-5-9-21(10-6-19)26-11-1-2-12-26/h1-10,22H,11-17H2,(H,25,28). The smallest absolute Gasteiger partial charge is 0.251 e. The van der Waals surface area contributed by atoms with Crippen molar-refractivity contribution in [2.24, 2.45) is 0 Å². The first-order chi connectivity index (χ1) is 14.2. The number of hydrogen-bond acceptors (Lipinski definition) is 4. The van der Waals surface area contributed by atoms with Crippen LogP contribution in [0.2, 0.25) is 5.02 Å². The number of nitrogens with zero attached hydrogens (tertiary/aromatic N) is 2. The maximum atomic E-state index is 12.7. The lowest BCUT2D eigenvalue weighted by Gasteiger charge is -2.35. The van der Waals surface area contributed by atoms with Gasteiger partial charge in [-0.3, -0.25) is 9.69 Å². The first-order valence-corrected chi connectivity index (χ1v) is 10.4. The van der Waals surface area contributed by atoms with E-state index < -0.39 is 0 Å². The van der Waals surface area contributed by atoms with Crippen molar-refractivity contribution in [1.29, 1.82) is 0 Å². The molecule has 1 saturated heterocycles. The number of morpholine rings is 1. The number of nitrogens with one attached hydrogen (secondary N) is 1. The number of ether oxygens (including phenoxy) is 1. The van der Waals surface area contributed by atoms with Crippen LogP contribution in [0.5, 0.6) is 0 Å². The monoisotopic (exact) mass is 411 g/mol. The van der Waals surface area contributed by atoms with Gasteiger partial charge in [0.1, 0.15) is 0 Å². The molecule has 0 radical (unpaired) electrons. The summed E-state index contributed by atoms with van der Waals surface area (Å²) in [6.45, 7) is 5.51. The highest BCUT2D eigenvalue weighted by Gasteiger charge is 2.23. The highest BCUT2D eigenvalue weighted by atomic mass is 35.5. The minimum absolute atomic E-state index is 0.0525. The van der Waals surface area contributed by atoms with Gasteiger partial charge in [-0.15, -0.1) is 0 Å². The summed E-state index contributed by atoms with van der Waals surface area (Å²) in [5.41, 5.74) is 2.96. The molecule has 29 heavy (non-hydrogen) atoms. The van der Waals surface area contributed by atoms with E-state index in [1.54, 1.807) is 0 Å². The summed E-state index contributed by atoms with van der Waals surface area (Å²) < 4.78 is 5.49. The molecule has 2 aromatic carbocycles. The molecule has 0 aromatic heterocycles. The zero-order valence-corrected chi connectivity index (χ0v) is 17.1. The third-order valence-electron chi connectivity index (χ3n) is 5.51. The molecule has 1 fully saturated rings. The van der Waals surface area contributed by atoms with Gasteiger partial charge in [0.05, 0.1) is 19.3 Å². The summed E-state index contributed by atoms with van der Waals surface area (Å²) in [5.74, 6) is -0.0525. The van der Waals surface area contributed by atoms with Gasteiger partial charge >= 0.3 is 0 Å². The van der Waals surface area contributed by atoms with Gasteiger partial charge < -0.3 is 15.0 Å². The number of carbonyl (C=O) groups is 1. The second kappa shape index (κ2) is 9.44. The van der Waals surface area contributed by atoms with Crippen LogP contribution in [0, 0.1) is 0 Å². The Kier molecular flexibility index (Phi) is 6.49. The quantitative estimate of drug-likeness (QED) is 0.739. The summed E-state index contributed by atoms with van der Waals surface area (Å²) in [6.07, 6.45) is 4.31. The van der Waals surface area contributed by atoms with Crippen molar-refractivity contribution in [3.8, 4) is 0 Å². The van der Waals surface area contributed by atoms with Crippen LogP contribution in [0.25, 0.3) is 0 Å². The Labute approximate surface area is 176 Å². The van der Waals surface area contributed by atoms with Crippen LogP contribution in [0.4, 0.5) is 5.69 Å². The van der Waals surface area contributed by atoms with Gasteiger partial charge in [0.15, 0.2) is 0 Å². The normalized spacial score (nSPS) is 18.0. The van der Waals surface area contributed by atoms with Gasteiger partial charge in [0.2, 0.25) is 0 Å². The molecular weight excluding hydrogens is 386 g/mol. The fourth-order valence-corrected chi connectivity index (χ4v) is 3.96. The Morgan fingerprint density at radius 3 is 2.31 bits per heavy atom. The van der Waals surface area contributed by atoms with Crippen molar-refractivity contribution in [2.45, 2.75) is 6.04 Å². The predicted octanol–water partition coefficient (Wildman–Crippen LogP) is 3.52. The van der Waals surface area contributed by atoms with Crippen molar-refractivity contribution < 1.29 is 9.53 Å². The van der Waals surface area contributed by atoms with Crippen LogP contribution >= 0.6 is 11.6 Å². The van der Waals surface area contributed by atoms with E-state index in [9.17, 15) is 4.79 Å². The molecule has 1 amide bonds. The summed E-state index contributed by atoms with van der Waals surface area (Å²) in [5, 5.41) is 3.83. The molecule has 1 atom stereocenters. The third-order valence-corrected chi connectivity index (χ3v) is 5.76. The van der Waals surface area contributed by atoms with E-state index >= 15 is 0 Å². The second-order valence-electron chi connectivity index (χ2n) is 7.35. The molecule has 2 heterocycles. The number of anilines is 1. The van der Waals surface area contributed by atoms with Crippen molar-refractivity contribution in [3.05, 3.63) is 76.8 Å². The Morgan fingerprint density at radius 1 is 1.00 bits per heavy atom. The number of benzene rings is 2. The minimum atomic E-state index is -0.0525. The van der Waals surface area contributed by atoms with Crippen molar-refractivity contribution in [1.82, 2.24) is 10.2 Å². The molecule has 1 unspecified atom stereocenters. The van der Waals surface area contributed by atoms with Gasteiger partial charge in [-0.2, -0.15) is 0 Å². The molecule has 2 aromatic rings. The molecular formula is C23H26ClN3O2. The zero-order chi connectivity index (χ0) is 20.1. The average molecular weight is 412 g/mol. The highest BCUT2D eigenvalue weighted by Crippen LogP contribution is 2.23. The van der Waals surface area contributed by atoms with Crippen LogP contribution in [-0.4, -0.2) is 56.7 Å². The zero-order valence-electron chi connectivity index (χ0n) is 16.4. The molecule has 0 saturated carbocycles. The first-order valence-electron chi connectivity index (χ1n) is 10.1. The lowest BCUT2D eigenvalue weighted by molar-refractivity contribution is 0.0162. The molecule has 0 spiro atoms. The van der Waals surface area contributed by atoms with Crippen LogP contribution in [0.15, 0.2) is 60.7 Å². The molecule has 4 rings (SSSR count). The molecule has 6 heteroatoms. The second-order valence-corrected chi connectivity index (χ2v) is 7.79. The van der Waals surface area contributed by atoms with Gasteiger partial charge in [-0.1, -0.05) is 35.9 Å². The number of rotatable bonds is 6. The lowest BCUT2D eigenvalue weighted by atomic mass is 10.0. The van der Waals surface area contributed by atoms with E-state index in [2.05, 4.69) is 27.3 Å². The third kappa shape index (κ3) is 4.99. The Morgan fingerprint density at radius 2 is 1.66 bits per heavy atom. The Hall–Kier alpha value is -2.34. The fourth-order valence-electron chi connectivity index (χ4n) is 3.84. The molecule has 152 valence electrons. The van der Waals surface area contributed by atoms with E-state index in [1.807, 2.05) is 48.5 Å². The van der Waals surface area contributed by atoms with Crippen molar-refractivity contribution in [3.63, 3.8) is 0 Å². The van der Waals surface area contributed by atoms with E-state index in [1.165, 1.54) is 0 Å². The SMILES string of the molecule is O=C(NCC(c1ccc(Cl)cc1)N1CCOCC1)c1ccc(N2CC=CC2)cc1. The highest BCUT2D eigenvalue weighted by molar-refractivity contribution is 6.30.